The second-order valence-corrected chi connectivity index (χ2v) is 14.9. The van der Waals surface area contributed by atoms with Gasteiger partial charge in [0.15, 0.2) is 0 Å². The molecule has 0 saturated heterocycles. The fourth-order valence-electron chi connectivity index (χ4n) is 9.88. The Kier molecular flexibility index (Phi) is 9.08. The van der Waals surface area contributed by atoms with Crippen molar-refractivity contribution in [2.45, 2.75) is 125 Å². The lowest BCUT2D eigenvalue weighted by atomic mass is 9.47. The van der Waals surface area contributed by atoms with Crippen molar-refractivity contribution in [2.75, 3.05) is 6.61 Å². The molecule has 3 heteroatoms. The summed E-state index contributed by atoms with van der Waals surface area (Å²) in [6.45, 7) is 15.3. The van der Waals surface area contributed by atoms with E-state index in [2.05, 4.69) is 47.6 Å². The van der Waals surface area contributed by atoms with Crippen LogP contribution < -0.4 is 4.74 Å². The molecule has 0 radical (unpaired) electrons. The lowest BCUT2D eigenvalue weighted by Crippen LogP contribution is -2.51. The van der Waals surface area contributed by atoms with E-state index in [9.17, 15) is 4.79 Å². The largest absolute Gasteiger partial charge is 0.494 e. The first-order valence-electron chi connectivity index (χ1n) is 16.8. The summed E-state index contributed by atoms with van der Waals surface area (Å²) in [6.07, 6.45) is 17.8. The van der Waals surface area contributed by atoms with Crippen LogP contribution in [0.3, 0.4) is 0 Å². The zero-order chi connectivity index (χ0) is 28.5. The molecule has 8 atom stereocenters. The summed E-state index contributed by atoms with van der Waals surface area (Å²) in [5, 5.41) is 0. The van der Waals surface area contributed by atoms with Gasteiger partial charge in [-0.2, -0.15) is 0 Å². The zero-order valence-electron chi connectivity index (χ0n) is 26.3. The van der Waals surface area contributed by atoms with Gasteiger partial charge in [-0.15, -0.1) is 0 Å². The summed E-state index contributed by atoms with van der Waals surface area (Å²) >= 11 is 0. The lowest BCUT2D eigenvalue weighted by molar-refractivity contribution is -0.0594. The molecule has 0 aliphatic heterocycles. The van der Waals surface area contributed by atoms with E-state index in [4.69, 9.17) is 9.47 Å². The smallest absolute Gasteiger partial charge is 0.338 e. The Hall–Kier alpha value is -1.77. The predicted octanol–water partition coefficient (Wildman–Crippen LogP) is 10.0. The number of carbonyl (C=O) groups excluding carboxylic acids is 1. The minimum absolute atomic E-state index is 0.00389. The van der Waals surface area contributed by atoms with Crippen molar-refractivity contribution in [3.05, 3.63) is 41.5 Å². The lowest BCUT2D eigenvalue weighted by Gasteiger charge is -2.58. The van der Waals surface area contributed by atoms with E-state index in [1.165, 1.54) is 51.4 Å². The van der Waals surface area contributed by atoms with Gasteiger partial charge in [-0.1, -0.05) is 72.5 Å². The average molecular weight is 549 g/mol. The van der Waals surface area contributed by atoms with Gasteiger partial charge in [-0.3, -0.25) is 0 Å². The monoisotopic (exact) mass is 548 g/mol. The van der Waals surface area contributed by atoms with E-state index >= 15 is 0 Å². The van der Waals surface area contributed by atoms with Gasteiger partial charge in [0.25, 0.3) is 0 Å². The molecular weight excluding hydrogens is 492 g/mol. The Balaban J connectivity index is 1.21. The summed E-state index contributed by atoms with van der Waals surface area (Å²) in [5.41, 5.74) is 3.02. The molecule has 0 unspecified atom stereocenters. The SMILES string of the molecule is CCCOc1ccc(C(=O)O[C@H]2CC[C@@]3(C)C(=CC[C@H]4[C@@H]5CC[C@H]([C@@H](C)CCCC(C)C)[C@@]5(C)CC[C@@H]43)C2)cc1. The van der Waals surface area contributed by atoms with Crippen LogP contribution in [0, 0.1) is 46.3 Å². The van der Waals surface area contributed by atoms with Gasteiger partial charge in [0, 0.05) is 6.42 Å². The molecule has 1 aromatic carbocycles. The maximum atomic E-state index is 13.0. The molecule has 222 valence electrons. The Morgan fingerprint density at radius 3 is 2.48 bits per heavy atom. The predicted molar refractivity (Wildman–Crippen MR) is 164 cm³/mol. The van der Waals surface area contributed by atoms with Crippen LogP contribution in [0.25, 0.3) is 0 Å². The van der Waals surface area contributed by atoms with Crippen molar-refractivity contribution in [1.29, 1.82) is 0 Å². The number of rotatable bonds is 10. The van der Waals surface area contributed by atoms with Gasteiger partial charge in [-0.05, 0) is 122 Å². The highest BCUT2D eigenvalue weighted by Crippen LogP contribution is 2.67. The number of ether oxygens (including phenoxy) is 2. The molecule has 0 aromatic heterocycles. The van der Waals surface area contributed by atoms with Crippen molar-refractivity contribution in [2.24, 2.45) is 46.3 Å². The van der Waals surface area contributed by atoms with E-state index in [0.717, 1.165) is 66.9 Å². The van der Waals surface area contributed by atoms with E-state index in [1.807, 2.05) is 24.3 Å². The number of allylic oxidation sites excluding steroid dienone is 1. The van der Waals surface area contributed by atoms with Crippen molar-refractivity contribution >= 4 is 5.97 Å². The minimum atomic E-state index is -0.196. The molecule has 1 aromatic rings. The molecule has 4 aliphatic rings. The molecule has 0 heterocycles. The van der Waals surface area contributed by atoms with Gasteiger partial charge in [0.05, 0.1) is 12.2 Å². The van der Waals surface area contributed by atoms with E-state index in [0.29, 0.717) is 17.6 Å². The summed E-state index contributed by atoms with van der Waals surface area (Å²) < 4.78 is 11.7. The van der Waals surface area contributed by atoms with Crippen LogP contribution >= 0.6 is 0 Å². The Morgan fingerprint density at radius 2 is 1.75 bits per heavy atom. The summed E-state index contributed by atoms with van der Waals surface area (Å²) in [6, 6.07) is 7.43. The quantitative estimate of drug-likeness (QED) is 0.215. The van der Waals surface area contributed by atoms with Crippen LogP contribution in [0.1, 0.15) is 129 Å². The standard InChI is InChI=1S/C37H56O3/c1-7-23-39-29-14-11-27(12-15-29)35(38)40-30-19-21-36(5)28(24-30)13-16-31-33-18-17-32(26(4)10-8-9-25(2)3)37(33,6)22-20-34(31)36/h11-15,25-26,30-34H,7-10,16-24H2,1-6H3/t26-,30-,31-,32+,33-,34-,36-,37+/m0/s1. The first-order valence-corrected chi connectivity index (χ1v) is 16.8. The van der Waals surface area contributed by atoms with Crippen molar-refractivity contribution in [3.63, 3.8) is 0 Å². The van der Waals surface area contributed by atoms with E-state index in [1.54, 1.807) is 5.57 Å². The normalized spacial score (nSPS) is 35.8. The van der Waals surface area contributed by atoms with Crippen LogP contribution in [0.5, 0.6) is 5.75 Å². The molecule has 4 aliphatic carbocycles. The number of benzene rings is 1. The second kappa shape index (κ2) is 12.2. The molecule has 3 nitrogen and oxygen atoms in total. The van der Waals surface area contributed by atoms with Crippen LogP contribution in [-0.4, -0.2) is 18.7 Å². The van der Waals surface area contributed by atoms with Crippen LogP contribution in [0.15, 0.2) is 35.9 Å². The highest BCUT2D eigenvalue weighted by molar-refractivity contribution is 5.89. The van der Waals surface area contributed by atoms with Gasteiger partial charge < -0.3 is 9.47 Å². The van der Waals surface area contributed by atoms with Crippen LogP contribution in [-0.2, 0) is 4.74 Å². The molecule has 3 fully saturated rings. The summed E-state index contributed by atoms with van der Waals surface area (Å²) in [7, 11) is 0. The number of esters is 1. The maximum absolute atomic E-state index is 13.0. The maximum Gasteiger partial charge on any atom is 0.338 e. The Morgan fingerprint density at radius 1 is 0.975 bits per heavy atom. The summed E-state index contributed by atoms with van der Waals surface area (Å²) in [5.74, 6) is 5.74. The van der Waals surface area contributed by atoms with Gasteiger partial charge in [-0.25, -0.2) is 4.79 Å². The Bertz CT molecular complexity index is 1040. The molecular formula is C37H56O3. The van der Waals surface area contributed by atoms with Crippen molar-refractivity contribution in [3.8, 4) is 5.75 Å². The Labute approximate surface area is 244 Å². The third-order valence-electron chi connectivity index (χ3n) is 12.1. The first kappa shape index (κ1) is 29.7. The fraction of sp³-hybridized carbons (Fsp3) is 0.757. The number of fused-ring (bicyclic) bond motifs is 5. The van der Waals surface area contributed by atoms with Crippen LogP contribution in [0.4, 0.5) is 0 Å². The van der Waals surface area contributed by atoms with Crippen molar-refractivity contribution in [1.82, 2.24) is 0 Å². The summed E-state index contributed by atoms with van der Waals surface area (Å²) in [4.78, 5) is 13.0. The molecule has 0 bridgehead atoms. The topological polar surface area (TPSA) is 35.5 Å². The van der Waals surface area contributed by atoms with Gasteiger partial charge >= 0.3 is 5.97 Å². The molecule has 0 N–H and O–H groups in total. The third-order valence-corrected chi connectivity index (χ3v) is 12.1. The molecule has 0 spiro atoms. The van der Waals surface area contributed by atoms with E-state index < -0.39 is 0 Å². The first-order chi connectivity index (χ1) is 19.2. The number of hydrogen-bond acceptors (Lipinski definition) is 3. The number of carbonyl (C=O) groups is 1. The fourth-order valence-corrected chi connectivity index (χ4v) is 9.88. The van der Waals surface area contributed by atoms with Crippen LogP contribution in [0.2, 0.25) is 0 Å². The highest BCUT2D eigenvalue weighted by atomic mass is 16.5. The van der Waals surface area contributed by atoms with Crippen molar-refractivity contribution < 1.29 is 14.3 Å². The van der Waals surface area contributed by atoms with Gasteiger partial charge in [0.1, 0.15) is 11.9 Å². The zero-order valence-corrected chi connectivity index (χ0v) is 26.3. The average Bonchev–Trinajstić information content (AvgIpc) is 3.29. The minimum Gasteiger partial charge on any atom is -0.494 e. The molecule has 40 heavy (non-hydrogen) atoms. The molecule has 3 saturated carbocycles. The molecule has 0 amide bonds. The van der Waals surface area contributed by atoms with Gasteiger partial charge in [0.2, 0.25) is 0 Å². The van der Waals surface area contributed by atoms with E-state index in [-0.39, 0.29) is 17.5 Å². The highest BCUT2D eigenvalue weighted by Gasteiger charge is 2.59. The second-order valence-electron chi connectivity index (χ2n) is 14.9. The molecule has 5 rings (SSSR count). The number of hydrogen-bond donors (Lipinski definition) is 0. The third kappa shape index (κ3) is 5.78.